The van der Waals surface area contributed by atoms with Crippen LogP contribution in [0.1, 0.15) is 22.6 Å². The maximum atomic E-state index is 8.99. The van der Waals surface area contributed by atoms with Gasteiger partial charge in [-0.05, 0) is 31.7 Å². The van der Waals surface area contributed by atoms with Gasteiger partial charge in [0.05, 0.1) is 5.69 Å². The number of nitriles is 1. The maximum absolute atomic E-state index is 8.99. The molecule has 2 aromatic heterocycles. The first-order chi connectivity index (χ1) is 9.74. The van der Waals surface area contributed by atoms with Crippen LogP contribution in [0, 0.1) is 18.3 Å². The molecule has 0 unspecified atom stereocenters. The van der Waals surface area contributed by atoms with E-state index in [0.29, 0.717) is 31.0 Å². The first kappa shape index (κ1) is 14.0. The van der Waals surface area contributed by atoms with Crippen LogP contribution in [-0.4, -0.2) is 16.5 Å². The Morgan fingerprint density at radius 2 is 2.20 bits per heavy atom. The summed E-state index contributed by atoms with van der Waals surface area (Å²) in [6.45, 7) is 2.74. The molecule has 0 radical (unpaired) electrons. The van der Waals surface area contributed by atoms with Crippen molar-refractivity contribution < 1.29 is 4.74 Å². The summed E-state index contributed by atoms with van der Waals surface area (Å²) in [7, 11) is 0. The van der Waals surface area contributed by atoms with Crippen molar-refractivity contribution in [3.05, 3.63) is 53.1 Å². The number of ether oxygens (including phenoxy) is 1. The van der Waals surface area contributed by atoms with Crippen LogP contribution in [0.15, 0.2) is 30.5 Å². The average Bonchev–Trinajstić information content (AvgIpc) is 2.47. The van der Waals surface area contributed by atoms with Gasteiger partial charge in [0.1, 0.15) is 24.1 Å². The summed E-state index contributed by atoms with van der Waals surface area (Å²) in [5.74, 6) is 0.703. The molecule has 102 valence electrons. The standard InChI is InChI=1S/C15H16N4O/c1-11-4-5-15(13(19-11)6-7-16)20-10-12-3-2-8-18-14(12)9-17/h2-5,8H,6-7,10,16H2,1H3. The second-order valence-electron chi connectivity index (χ2n) is 4.35. The summed E-state index contributed by atoms with van der Waals surface area (Å²) in [6.07, 6.45) is 2.25. The molecule has 0 aliphatic rings. The Bertz CT molecular complexity index is 634. The maximum Gasteiger partial charge on any atom is 0.147 e. The molecule has 0 saturated heterocycles. The Morgan fingerprint density at radius 3 is 2.95 bits per heavy atom. The summed E-state index contributed by atoms with van der Waals surface area (Å²) < 4.78 is 5.76. The van der Waals surface area contributed by atoms with Crippen LogP contribution >= 0.6 is 0 Å². The zero-order valence-electron chi connectivity index (χ0n) is 11.3. The molecule has 5 nitrogen and oxygen atoms in total. The van der Waals surface area contributed by atoms with E-state index in [4.69, 9.17) is 15.7 Å². The van der Waals surface area contributed by atoms with Crippen molar-refractivity contribution in [1.82, 2.24) is 9.97 Å². The summed E-state index contributed by atoms with van der Waals surface area (Å²) in [5.41, 5.74) is 8.50. The van der Waals surface area contributed by atoms with Gasteiger partial charge in [-0.1, -0.05) is 6.07 Å². The minimum atomic E-state index is 0.291. The zero-order chi connectivity index (χ0) is 14.4. The number of hydrogen-bond donors (Lipinski definition) is 1. The van der Waals surface area contributed by atoms with Gasteiger partial charge in [-0.15, -0.1) is 0 Å². The molecule has 2 heterocycles. The van der Waals surface area contributed by atoms with E-state index in [9.17, 15) is 0 Å². The Hall–Kier alpha value is -2.45. The van der Waals surface area contributed by atoms with Crippen molar-refractivity contribution in [2.45, 2.75) is 20.0 Å². The van der Waals surface area contributed by atoms with Gasteiger partial charge >= 0.3 is 0 Å². The predicted octanol–water partition coefficient (Wildman–Crippen LogP) is 1.74. The van der Waals surface area contributed by atoms with Gasteiger partial charge in [-0.3, -0.25) is 4.98 Å². The van der Waals surface area contributed by atoms with Gasteiger partial charge in [0.2, 0.25) is 0 Å². The molecule has 0 bridgehead atoms. The summed E-state index contributed by atoms with van der Waals surface area (Å²) in [6, 6.07) is 9.45. The monoisotopic (exact) mass is 268 g/mol. The number of pyridine rings is 2. The molecule has 0 spiro atoms. The number of aromatic nitrogens is 2. The molecule has 0 amide bonds. The van der Waals surface area contributed by atoms with Crippen molar-refractivity contribution in [3.8, 4) is 11.8 Å². The second kappa shape index (κ2) is 6.64. The van der Waals surface area contributed by atoms with Gasteiger partial charge in [0, 0.05) is 23.9 Å². The minimum Gasteiger partial charge on any atom is -0.487 e. The first-order valence-corrected chi connectivity index (χ1v) is 6.38. The molecular formula is C15H16N4O. The molecule has 0 fully saturated rings. The van der Waals surface area contributed by atoms with Crippen molar-refractivity contribution in [2.24, 2.45) is 5.73 Å². The van der Waals surface area contributed by atoms with Crippen LogP contribution in [0.4, 0.5) is 0 Å². The quantitative estimate of drug-likeness (QED) is 0.892. The largest absolute Gasteiger partial charge is 0.487 e. The number of nitrogens with two attached hydrogens (primary N) is 1. The van der Waals surface area contributed by atoms with Gasteiger partial charge in [0.25, 0.3) is 0 Å². The molecule has 2 rings (SSSR count). The average molecular weight is 268 g/mol. The van der Waals surface area contributed by atoms with Crippen molar-refractivity contribution in [2.75, 3.05) is 6.54 Å². The Kier molecular flexibility index (Phi) is 4.64. The normalized spacial score (nSPS) is 10.1. The smallest absolute Gasteiger partial charge is 0.147 e. The van der Waals surface area contributed by atoms with E-state index in [-0.39, 0.29) is 0 Å². The van der Waals surface area contributed by atoms with Crippen molar-refractivity contribution in [3.63, 3.8) is 0 Å². The van der Waals surface area contributed by atoms with Crippen LogP contribution in [0.2, 0.25) is 0 Å². The summed E-state index contributed by atoms with van der Waals surface area (Å²) in [4.78, 5) is 8.44. The molecule has 5 heteroatoms. The molecule has 0 saturated carbocycles. The third-order valence-corrected chi connectivity index (χ3v) is 2.83. The summed E-state index contributed by atoms with van der Waals surface area (Å²) in [5, 5.41) is 8.99. The van der Waals surface area contributed by atoms with Gasteiger partial charge in [-0.2, -0.15) is 5.26 Å². The third-order valence-electron chi connectivity index (χ3n) is 2.83. The van der Waals surface area contributed by atoms with Crippen LogP contribution in [0.5, 0.6) is 5.75 Å². The fraction of sp³-hybridized carbons (Fsp3) is 0.267. The van der Waals surface area contributed by atoms with E-state index in [1.165, 1.54) is 0 Å². The molecule has 0 aromatic carbocycles. The van der Waals surface area contributed by atoms with Crippen LogP contribution in [-0.2, 0) is 13.0 Å². The van der Waals surface area contributed by atoms with Crippen molar-refractivity contribution in [1.29, 1.82) is 5.26 Å². The third kappa shape index (κ3) is 3.31. The molecule has 0 aliphatic heterocycles. The first-order valence-electron chi connectivity index (χ1n) is 6.38. The SMILES string of the molecule is Cc1ccc(OCc2cccnc2C#N)c(CCN)n1. The fourth-order valence-electron chi connectivity index (χ4n) is 1.86. The molecular weight excluding hydrogens is 252 g/mol. The zero-order valence-corrected chi connectivity index (χ0v) is 11.3. The molecule has 20 heavy (non-hydrogen) atoms. The lowest BCUT2D eigenvalue weighted by Crippen LogP contribution is -2.08. The number of nitrogens with zero attached hydrogens (tertiary/aromatic N) is 3. The lowest BCUT2D eigenvalue weighted by molar-refractivity contribution is 0.300. The van der Waals surface area contributed by atoms with Gasteiger partial charge in [0.15, 0.2) is 0 Å². The van der Waals surface area contributed by atoms with E-state index in [1.54, 1.807) is 12.3 Å². The number of aryl methyl sites for hydroxylation is 1. The highest BCUT2D eigenvalue weighted by atomic mass is 16.5. The number of rotatable bonds is 5. The molecule has 2 aromatic rings. The highest BCUT2D eigenvalue weighted by molar-refractivity contribution is 5.33. The molecule has 0 aliphatic carbocycles. The van der Waals surface area contributed by atoms with Gasteiger partial charge < -0.3 is 10.5 Å². The van der Waals surface area contributed by atoms with E-state index in [1.807, 2.05) is 25.1 Å². The van der Waals surface area contributed by atoms with Crippen molar-refractivity contribution >= 4 is 0 Å². The Morgan fingerprint density at radius 1 is 1.35 bits per heavy atom. The van der Waals surface area contributed by atoms with E-state index < -0.39 is 0 Å². The lowest BCUT2D eigenvalue weighted by atomic mass is 10.2. The molecule has 2 N–H and O–H groups in total. The van der Waals surface area contributed by atoms with Crippen LogP contribution < -0.4 is 10.5 Å². The Balaban J connectivity index is 2.17. The predicted molar refractivity (Wildman–Crippen MR) is 75.0 cm³/mol. The van der Waals surface area contributed by atoms with E-state index >= 15 is 0 Å². The van der Waals surface area contributed by atoms with Crippen LogP contribution in [0.3, 0.4) is 0 Å². The highest BCUT2D eigenvalue weighted by Crippen LogP contribution is 2.19. The van der Waals surface area contributed by atoms with E-state index in [0.717, 1.165) is 17.0 Å². The van der Waals surface area contributed by atoms with Crippen LogP contribution in [0.25, 0.3) is 0 Å². The summed E-state index contributed by atoms with van der Waals surface area (Å²) >= 11 is 0. The van der Waals surface area contributed by atoms with E-state index in [2.05, 4.69) is 16.0 Å². The second-order valence-corrected chi connectivity index (χ2v) is 4.35. The lowest BCUT2D eigenvalue weighted by Gasteiger charge is -2.11. The molecule has 0 atom stereocenters. The topological polar surface area (TPSA) is 84.8 Å². The fourth-order valence-corrected chi connectivity index (χ4v) is 1.86. The minimum absolute atomic E-state index is 0.291. The van der Waals surface area contributed by atoms with Gasteiger partial charge in [-0.25, -0.2) is 4.98 Å². The highest BCUT2D eigenvalue weighted by Gasteiger charge is 2.08. The number of hydrogen-bond acceptors (Lipinski definition) is 5. The Labute approximate surface area is 118 Å².